The van der Waals surface area contributed by atoms with E-state index in [2.05, 4.69) is 47.6 Å². The summed E-state index contributed by atoms with van der Waals surface area (Å²) in [4.78, 5) is 2.37. The van der Waals surface area contributed by atoms with E-state index in [1.165, 1.54) is 12.0 Å². The Balaban J connectivity index is 1.94. The first kappa shape index (κ1) is 16.2. The molecular formula is C16H28N2O. The fraction of sp³-hybridized carbons (Fsp3) is 0.625. The van der Waals surface area contributed by atoms with Crippen molar-refractivity contribution in [2.45, 2.75) is 26.3 Å². The molecule has 0 aliphatic rings. The van der Waals surface area contributed by atoms with Gasteiger partial charge in [0.15, 0.2) is 0 Å². The van der Waals surface area contributed by atoms with E-state index in [-0.39, 0.29) is 0 Å². The van der Waals surface area contributed by atoms with E-state index in [1.54, 1.807) is 0 Å². The molecule has 0 spiro atoms. The minimum atomic E-state index is 0.824. The molecule has 0 aromatic heterocycles. The Kier molecular flexibility index (Phi) is 9.33. The van der Waals surface area contributed by atoms with Crippen LogP contribution in [0.2, 0.25) is 0 Å². The van der Waals surface area contributed by atoms with Gasteiger partial charge in [0.1, 0.15) is 0 Å². The predicted molar refractivity (Wildman–Crippen MR) is 81.4 cm³/mol. The molecule has 108 valence electrons. The topological polar surface area (TPSA) is 24.5 Å². The van der Waals surface area contributed by atoms with Crippen LogP contribution >= 0.6 is 0 Å². The Bertz CT molecular complexity index is 303. The van der Waals surface area contributed by atoms with Crippen LogP contribution in [-0.2, 0) is 11.3 Å². The van der Waals surface area contributed by atoms with Crippen molar-refractivity contribution >= 4 is 0 Å². The zero-order valence-electron chi connectivity index (χ0n) is 12.4. The third-order valence-corrected chi connectivity index (χ3v) is 3.04. The Morgan fingerprint density at radius 3 is 2.58 bits per heavy atom. The van der Waals surface area contributed by atoms with Crippen LogP contribution in [0.5, 0.6) is 0 Å². The highest BCUT2D eigenvalue weighted by Gasteiger charge is 1.99. The lowest BCUT2D eigenvalue weighted by Gasteiger charge is -2.16. The molecule has 0 amide bonds. The lowest BCUT2D eigenvalue weighted by Crippen LogP contribution is -2.24. The van der Waals surface area contributed by atoms with Crippen molar-refractivity contribution in [3.8, 4) is 0 Å². The zero-order valence-corrected chi connectivity index (χ0v) is 12.4. The van der Waals surface area contributed by atoms with Gasteiger partial charge in [-0.2, -0.15) is 0 Å². The highest BCUT2D eigenvalue weighted by molar-refractivity contribution is 5.14. The standard InChI is InChI=1S/C16H28N2O/c1-3-19-14-8-12-17-11-7-13-18(2)15-16-9-5-4-6-10-16/h4-6,9-10,17H,3,7-8,11-15H2,1-2H3. The van der Waals surface area contributed by atoms with Gasteiger partial charge >= 0.3 is 0 Å². The van der Waals surface area contributed by atoms with E-state index in [0.29, 0.717) is 0 Å². The van der Waals surface area contributed by atoms with E-state index in [9.17, 15) is 0 Å². The van der Waals surface area contributed by atoms with Crippen LogP contribution in [0.25, 0.3) is 0 Å². The number of hydrogen-bond acceptors (Lipinski definition) is 3. The van der Waals surface area contributed by atoms with Crippen molar-refractivity contribution in [2.75, 3.05) is 39.9 Å². The largest absolute Gasteiger partial charge is 0.382 e. The zero-order chi connectivity index (χ0) is 13.8. The normalized spacial score (nSPS) is 11.1. The number of nitrogens with zero attached hydrogens (tertiary/aromatic N) is 1. The van der Waals surface area contributed by atoms with Crippen LogP contribution in [0.1, 0.15) is 25.3 Å². The predicted octanol–water partition coefficient (Wildman–Crippen LogP) is 2.52. The van der Waals surface area contributed by atoms with Gasteiger partial charge in [-0.3, -0.25) is 0 Å². The Hall–Kier alpha value is -0.900. The highest BCUT2D eigenvalue weighted by Crippen LogP contribution is 2.02. The summed E-state index contributed by atoms with van der Waals surface area (Å²) < 4.78 is 5.30. The van der Waals surface area contributed by atoms with Crippen molar-refractivity contribution in [1.29, 1.82) is 0 Å². The molecule has 1 rings (SSSR count). The molecule has 3 nitrogen and oxygen atoms in total. The third kappa shape index (κ3) is 8.76. The Labute approximate surface area is 118 Å². The second-order valence-electron chi connectivity index (χ2n) is 4.88. The maximum absolute atomic E-state index is 5.30. The number of rotatable bonds is 11. The van der Waals surface area contributed by atoms with Crippen LogP contribution in [0, 0.1) is 0 Å². The van der Waals surface area contributed by atoms with Gasteiger partial charge < -0.3 is 15.0 Å². The minimum absolute atomic E-state index is 0.824. The lowest BCUT2D eigenvalue weighted by molar-refractivity contribution is 0.144. The molecule has 0 radical (unpaired) electrons. The summed E-state index contributed by atoms with van der Waals surface area (Å²) in [7, 11) is 2.18. The number of ether oxygens (including phenoxy) is 1. The first-order valence-electron chi connectivity index (χ1n) is 7.34. The quantitative estimate of drug-likeness (QED) is 0.622. The van der Waals surface area contributed by atoms with Gasteiger partial charge in [-0.25, -0.2) is 0 Å². The second kappa shape index (κ2) is 11.0. The second-order valence-corrected chi connectivity index (χ2v) is 4.88. The minimum Gasteiger partial charge on any atom is -0.382 e. The van der Waals surface area contributed by atoms with Crippen LogP contribution in [0.15, 0.2) is 30.3 Å². The summed E-state index contributed by atoms with van der Waals surface area (Å²) in [6.45, 7) is 8.05. The fourth-order valence-corrected chi connectivity index (χ4v) is 2.02. The summed E-state index contributed by atoms with van der Waals surface area (Å²) >= 11 is 0. The monoisotopic (exact) mass is 264 g/mol. The van der Waals surface area contributed by atoms with E-state index in [4.69, 9.17) is 4.74 Å². The van der Waals surface area contributed by atoms with Gasteiger partial charge in [0.25, 0.3) is 0 Å². The number of hydrogen-bond donors (Lipinski definition) is 1. The molecule has 19 heavy (non-hydrogen) atoms. The van der Waals surface area contributed by atoms with E-state index in [1.807, 2.05) is 6.92 Å². The van der Waals surface area contributed by atoms with E-state index < -0.39 is 0 Å². The molecule has 0 unspecified atom stereocenters. The summed E-state index contributed by atoms with van der Waals surface area (Å²) in [5, 5.41) is 3.46. The maximum Gasteiger partial charge on any atom is 0.0477 e. The molecule has 0 saturated heterocycles. The van der Waals surface area contributed by atoms with Crippen molar-refractivity contribution in [3.63, 3.8) is 0 Å². The fourth-order valence-electron chi connectivity index (χ4n) is 2.02. The average molecular weight is 264 g/mol. The van der Waals surface area contributed by atoms with Crippen LogP contribution in [0.4, 0.5) is 0 Å². The third-order valence-electron chi connectivity index (χ3n) is 3.04. The lowest BCUT2D eigenvalue weighted by atomic mass is 10.2. The first-order chi connectivity index (χ1) is 9.33. The van der Waals surface area contributed by atoms with E-state index in [0.717, 1.165) is 45.8 Å². The summed E-state index contributed by atoms with van der Waals surface area (Å²) in [5.41, 5.74) is 1.38. The molecule has 0 heterocycles. The van der Waals surface area contributed by atoms with Crippen molar-refractivity contribution < 1.29 is 4.74 Å². The van der Waals surface area contributed by atoms with Crippen LogP contribution in [0.3, 0.4) is 0 Å². The molecule has 0 fully saturated rings. The molecule has 1 aromatic rings. The van der Waals surface area contributed by atoms with Crippen LogP contribution < -0.4 is 5.32 Å². The number of benzene rings is 1. The van der Waals surface area contributed by atoms with Gasteiger partial charge in [-0.15, -0.1) is 0 Å². The molecular weight excluding hydrogens is 236 g/mol. The SMILES string of the molecule is CCOCCCNCCCN(C)Cc1ccccc1. The molecule has 0 bridgehead atoms. The van der Waals surface area contributed by atoms with Gasteiger partial charge in [0, 0.05) is 19.8 Å². The first-order valence-corrected chi connectivity index (χ1v) is 7.34. The Morgan fingerprint density at radius 1 is 1.11 bits per heavy atom. The summed E-state index contributed by atoms with van der Waals surface area (Å²) in [6, 6.07) is 10.6. The molecule has 0 aliphatic heterocycles. The van der Waals surface area contributed by atoms with Crippen molar-refractivity contribution in [1.82, 2.24) is 10.2 Å². The van der Waals surface area contributed by atoms with Gasteiger partial charge in [-0.05, 0) is 52.0 Å². The van der Waals surface area contributed by atoms with E-state index >= 15 is 0 Å². The van der Waals surface area contributed by atoms with Crippen molar-refractivity contribution in [3.05, 3.63) is 35.9 Å². The summed E-state index contributed by atoms with van der Waals surface area (Å²) in [6.07, 6.45) is 2.30. The Morgan fingerprint density at radius 2 is 1.84 bits per heavy atom. The molecule has 0 aliphatic carbocycles. The smallest absolute Gasteiger partial charge is 0.0477 e. The van der Waals surface area contributed by atoms with Gasteiger partial charge in [0.05, 0.1) is 0 Å². The maximum atomic E-state index is 5.30. The molecule has 1 N–H and O–H groups in total. The summed E-state index contributed by atoms with van der Waals surface area (Å²) in [5.74, 6) is 0. The average Bonchev–Trinajstić information content (AvgIpc) is 2.43. The number of nitrogens with one attached hydrogen (secondary N) is 1. The molecule has 0 atom stereocenters. The van der Waals surface area contributed by atoms with Gasteiger partial charge in [0.2, 0.25) is 0 Å². The molecule has 3 heteroatoms. The molecule has 1 aromatic carbocycles. The highest BCUT2D eigenvalue weighted by atomic mass is 16.5. The van der Waals surface area contributed by atoms with Gasteiger partial charge in [-0.1, -0.05) is 30.3 Å². The molecule has 0 saturated carbocycles. The van der Waals surface area contributed by atoms with Crippen molar-refractivity contribution in [2.24, 2.45) is 0 Å². The van der Waals surface area contributed by atoms with Crippen LogP contribution in [-0.4, -0.2) is 44.8 Å².